The van der Waals surface area contributed by atoms with E-state index >= 15 is 0 Å². The van der Waals surface area contributed by atoms with Gasteiger partial charge in [0.15, 0.2) is 0 Å². The van der Waals surface area contributed by atoms with Crippen molar-refractivity contribution in [3.8, 4) is 0 Å². The number of hydrogen-bond acceptors (Lipinski definition) is 1. The van der Waals surface area contributed by atoms with E-state index in [1.165, 1.54) is 0 Å². The van der Waals surface area contributed by atoms with E-state index in [-0.39, 0.29) is 5.91 Å². The summed E-state index contributed by atoms with van der Waals surface area (Å²) in [6.07, 6.45) is 0.920. The SMILES string of the molecule is CC/C(C)=C1\C(=O)N(C)c2ccccc21. The Morgan fingerprint density at radius 2 is 2.00 bits per heavy atom. The van der Waals surface area contributed by atoms with Crippen molar-refractivity contribution >= 4 is 17.2 Å². The fourth-order valence-corrected chi connectivity index (χ4v) is 1.96. The van der Waals surface area contributed by atoms with Gasteiger partial charge in [-0.05, 0) is 19.4 Å². The largest absolute Gasteiger partial charge is 0.311 e. The topological polar surface area (TPSA) is 20.3 Å². The molecular formula is C13H15NO. The Bertz CT molecular complexity index is 446. The van der Waals surface area contributed by atoms with Gasteiger partial charge in [0.1, 0.15) is 0 Å². The van der Waals surface area contributed by atoms with Gasteiger partial charge in [0.2, 0.25) is 0 Å². The molecule has 1 aromatic carbocycles. The van der Waals surface area contributed by atoms with E-state index in [9.17, 15) is 4.79 Å². The lowest BCUT2D eigenvalue weighted by Crippen LogP contribution is -2.20. The molecule has 0 N–H and O–H groups in total. The van der Waals surface area contributed by atoms with Crippen molar-refractivity contribution in [3.05, 3.63) is 35.4 Å². The molecule has 1 heterocycles. The molecule has 0 aromatic heterocycles. The summed E-state index contributed by atoms with van der Waals surface area (Å²) in [7, 11) is 1.83. The fraction of sp³-hybridized carbons (Fsp3) is 0.308. The molecule has 0 aliphatic carbocycles. The van der Waals surface area contributed by atoms with E-state index in [1.807, 2.05) is 38.2 Å². The van der Waals surface area contributed by atoms with Crippen LogP contribution in [0.5, 0.6) is 0 Å². The molecule has 1 aromatic rings. The van der Waals surface area contributed by atoms with E-state index in [1.54, 1.807) is 4.90 Å². The second-order valence-electron chi connectivity index (χ2n) is 3.89. The van der Waals surface area contributed by atoms with Crippen LogP contribution < -0.4 is 4.90 Å². The van der Waals surface area contributed by atoms with Crippen LogP contribution in [0.1, 0.15) is 25.8 Å². The Balaban J connectivity index is 2.67. The number of carbonyl (C=O) groups excluding carboxylic acids is 1. The van der Waals surface area contributed by atoms with Gasteiger partial charge in [-0.25, -0.2) is 0 Å². The van der Waals surface area contributed by atoms with Crippen LogP contribution in [0, 0.1) is 0 Å². The van der Waals surface area contributed by atoms with E-state index in [0.717, 1.165) is 28.8 Å². The molecule has 15 heavy (non-hydrogen) atoms. The standard InChI is InChI=1S/C13H15NO/c1-4-9(2)12-10-7-5-6-8-11(10)14(3)13(12)15/h5-8H,4H2,1-3H3/b12-9-. The zero-order chi connectivity index (χ0) is 11.0. The molecule has 0 saturated heterocycles. The van der Waals surface area contributed by atoms with Crippen molar-refractivity contribution in [2.24, 2.45) is 0 Å². The van der Waals surface area contributed by atoms with Crippen LogP contribution in [-0.2, 0) is 4.79 Å². The molecule has 2 heteroatoms. The van der Waals surface area contributed by atoms with Crippen LogP contribution in [0.3, 0.4) is 0 Å². The lowest BCUT2D eigenvalue weighted by molar-refractivity contribution is -0.112. The van der Waals surface area contributed by atoms with Crippen molar-refractivity contribution in [3.63, 3.8) is 0 Å². The molecular weight excluding hydrogens is 186 g/mol. The predicted molar refractivity (Wildman–Crippen MR) is 62.7 cm³/mol. The molecule has 0 radical (unpaired) electrons. The maximum atomic E-state index is 12.0. The minimum atomic E-state index is 0.121. The van der Waals surface area contributed by atoms with Gasteiger partial charge in [-0.2, -0.15) is 0 Å². The molecule has 0 unspecified atom stereocenters. The van der Waals surface area contributed by atoms with Gasteiger partial charge in [-0.1, -0.05) is 30.7 Å². The van der Waals surface area contributed by atoms with Crippen molar-refractivity contribution in [2.45, 2.75) is 20.3 Å². The van der Waals surface area contributed by atoms with Crippen LogP contribution in [0.4, 0.5) is 5.69 Å². The van der Waals surface area contributed by atoms with Gasteiger partial charge in [0.05, 0.1) is 5.69 Å². The number of nitrogens with zero attached hydrogens (tertiary/aromatic N) is 1. The Morgan fingerprint density at radius 3 is 2.67 bits per heavy atom. The summed E-state index contributed by atoms with van der Waals surface area (Å²) in [5.74, 6) is 0.121. The predicted octanol–water partition coefficient (Wildman–Crippen LogP) is 2.85. The van der Waals surface area contributed by atoms with Crippen molar-refractivity contribution in [1.82, 2.24) is 0 Å². The van der Waals surface area contributed by atoms with Gasteiger partial charge in [0.25, 0.3) is 5.91 Å². The highest BCUT2D eigenvalue weighted by atomic mass is 16.2. The minimum Gasteiger partial charge on any atom is -0.311 e. The average molecular weight is 201 g/mol. The van der Waals surface area contributed by atoms with Crippen LogP contribution >= 0.6 is 0 Å². The van der Waals surface area contributed by atoms with Gasteiger partial charge in [-0.3, -0.25) is 4.79 Å². The third-order valence-electron chi connectivity index (χ3n) is 3.01. The summed E-state index contributed by atoms with van der Waals surface area (Å²) in [4.78, 5) is 13.8. The molecule has 1 aliphatic heterocycles. The second kappa shape index (κ2) is 3.54. The fourth-order valence-electron chi connectivity index (χ4n) is 1.96. The van der Waals surface area contributed by atoms with E-state index in [2.05, 4.69) is 6.92 Å². The highest BCUT2D eigenvalue weighted by Gasteiger charge is 2.30. The molecule has 0 atom stereocenters. The van der Waals surface area contributed by atoms with Crippen LogP contribution in [0.15, 0.2) is 29.8 Å². The number of para-hydroxylation sites is 1. The molecule has 1 aliphatic rings. The van der Waals surface area contributed by atoms with Crippen LogP contribution in [0.25, 0.3) is 5.57 Å². The van der Waals surface area contributed by atoms with Crippen molar-refractivity contribution < 1.29 is 4.79 Å². The van der Waals surface area contributed by atoms with Gasteiger partial charge in [-0.15, -0.1) is 0 Å². The highest BCUT2D eigenvalue weighted by Crippen LogP contribution is 2.37. The molecule has 0 saturated carbocycles. The number of hydrogen-bond donors (Lipinski definition) is 0. The second-order valence-corrected chi connectivity index (χ2v) is 3.89. The normalized spacial score (nSPS) is 18.1. The third kappa shape index (κ3) is 1.37. The molecule has 2 nitrogen and oxygen atoms in total. The first-order chi connectivity index (χ1) is 7.16. The van der Waals surface area contributed by atoms with Gasteiger partial charge in [0, 0.05) is 18.2 Å². The van der Waals surface area contributed by atoms with Crippen LogP contribution in [-0.4, -0.2) is 13.0 Å². The lowest BCUT2D eigenvalue weighted by Gasteiger charge is -2.08. The lowest BCUT2D eigenvalue weighted by atomic mass is 10.0. The number of fused-ring (bicyclic) bond motifs is 1. The van der Waals surface area contributed by atoms with Crippen LogP contribution in [0.2, 0.25) is 0 Å². The zero-order valence-electron chi connectivity index (χ0n) is 9.37. The average Bonchev–Trinajstić information content (AvgIpc) is 2.52. The molecule has 2 rings (SSSR count). The number of allylic oxidation sites excluding steroid dienone is 1. The summed E-state index contributed by atoms with van der Waals surface area (Å²) < 4.78 is 0. The molecule has 78 valence electrons. The van der Waals surface area contributed by atoms with Gasteiger partial charge >= 0.3 is 0 Å². The quantitative estimate of drug-likeness (QED) is 0.640. The number of carbonyl (C=O) groups is 1. The van der Waals surface area contributed by atoms with Crippen molar-refractivity contribution in [2.75, 3.05) is 11.9 Å². The molecule has 0 fully saturated rings. The first-order valence-corrected chi connectivity index (χ1v) is 5.24. The third-order valence-corrected chi connectivity index (χ3v) is 3.01. The highest BCUT2D eigenvalue weighted by molar-refractivity contribution is 6.32. The molecule has 0 spiro atoms. The number of amides is 1. The zero-order valence-corrected chi connectivity index (χ0v) is 9.37. The maximum Gasteiger partial charge on any atom is 0.258 e. The van der Waals surface area contributed by atoms with E-state index in [0.29, 0.717) is 0 Å². The number of anilines is 1. The first kappa shape index (κ1) is 9.97. The Hall–Kier alpha value is -1.57. The molecule has 0 bridgehead atoms. The van der Waals surface area contributed by atoms with E-state index < -0.39 is 0 Å². The smallest absolute Gasteiger partial charge is 0.258 e. The summed E-state index contributed by atoms with van der Waals surface area (Å²) in [5, 5.41) is 0. The van der Waals surface area contributed by atoms with Gasteiger partial charge < -0.3 is 4.90 Å². The number of rotatable bonds is 1. The Labute approximate surface area is 90.2 Å². The summed E-state index contributed by atoms with van der Waals surface area (Å²) >= 11 is 0. The first-order valence-electron chi connectivity index (χ1n) is 5.24. The van der Waals surface area contributed by atoms with E-state index in [4.69, 9.17) is 0 Å². The monoisotopic (exact) mass is 201 g/mol. The minimum absolute atomic E-state index is 0.121. The summed E-state index contributed by atoms with van der Waals surface area (Å²) in [5.41, 5.74) is 4.14. The van der Waals surface area contributed by atoms with Crippen molar-refractivity contribution in [1.29, 1.82) is 0 Å². The Morgan fingerprint density at radius 1 is 1.33 bits per heavy atom. The number of benzene rings is 1. The Kier molecular flexibility index (Phi) is 2.35. The maximum absolute atomic E-state index is 12.0. The summed E-state index contributed by atoms with van der Waals surface area (Å²) in [6, 6.07) is 7.95. The number of likely N-dealkylation sites (N-methyl/N-ethyl adjacent to an activating group) is 1. The summed E-state index contributed by atoms with van der Waals surface area (Å²) in [6.45, 7) is 4.11. The molecule has 1 amide bonds.